The Balaban J connectivity index is 1.59. The van der Waals surface area contributed by atoms with Gasteiger partial charge in [-0.3, -0.25) is 19.3 Å². The number of carbonyl (C=O) groups excluding carboxylic acids is 3. The van der Waals surface area contributed by atoms with E-state index in [2.05, 4.69) is 20.5 Å². The molecular weight excluding hydrogens is 494 g/mol. The van der Waals surface area contributed by atoms with Gasteiger partial charge in [0.05, 0.1) is 17.9 Å². The van der Waals surface area contributed by atoms with E-state index in [-0.39, 0.29) is 35.9 Å². The number of likely N-dealkylation sites (tertiary alicyclic amines) is 1. The van der Waals surface area contributed by atoms with Crippen molar-refractivity contribution in [2.24, 2.45) is 5.73 Å². The third-order valence-corrected chi connectivity index (χ3v) is 6.77. The van der Waals surface area contributed by atoms with Crippen LogP contribution < -0.4 is 16.4 Å². The maximum absolute atomic E-state index is 12.5. The maximum Gasteiger partial charge on any atom is 0.271 e. The molecule has 1 aliphatic rings. The van der Waals surface area contributed by atoms with Crippen LogP contribution in [-0.4, -0.2) is 77.3 Å². The number of nitrogens with two attached hydrogens (primary N) is 1. The van der Waals surface area contributed by atoms with E-state index < -0.39 is 5.91 Å². The first kappa shape index (κ1) is 29.8. The van der Waals surface area contributed by atoms with Gasteiger partial charge in [-0.2, -0.15) is 0 Å². The minimum absolute atomic E-state index is 0.00326. The highest BCUT2D eigenvalue weighted by Gasteiger charge is 2.19. The molecule has 1 atom stereocenters. The maximum atomic E-state index is 12.5. The Labute approximate surface area is 231 Å². The number of likely N-dealkylation sites (N-methyl/N-ethyl adjacent to an activating group) is 1. The lowest BCUT2D eigenvalue weighted by atomic mass is 10.0. The number of benzene rings is 1. The molecule has 210 valence electrons. The smallest absolute Gasteiger partial charge is 0.271 e. The van der Waals surface area contributed by atoms with E-state index in [0.717, 1.165) is 42.3 Å². The molecule has 1 aromatic carbocycles. The predicted octanol–water partition coefficient (Wildman–Crippen LogP) is 2.94. The summed E-state index contributed by atoms with van der Waals surface area (Å²) >= 11 is 0. The van der Waals surface area contributed by atoms with Crippen molar-refractivity contribution < 1.29 is 14.4 Å². The Bertz CT molecular complexity index is 1210. The average Bonchev–Trinajstić information content (AvgIpc) is 2.88. The Morgan fingerprint density at radius 1 is 1.18 bits per heavy atom. The van der Waals surface area contributed by atoms with Gasteiger partial charge in [0.1, 0.15) is 0 Å². The lowest BCUT2D eigenvalue weighted by Gasteiger charge is -2.29. The Morgan fingerprint density at radius 3 is 2.54 bits per heavy atom. The normalized spacial score (nSPS) is 14.2. The molecule has 0 saturated carbocycles. The summed E-state index contributed by atoms with van der Waals surface area (Å²) in [5.74, 6) is -0.584. The number of nitrogens with one attached hydrogen (secondary N) is 2. The number of primary amides is 1. The second kappa shape index (κ2) is 13.8. The van der Waals surface area contributed by atoms with Gasteiger partial charge in [0.15, 0.2) is 11.5 Å². The van der Waals surface area contributed by atoms with Crippen molar-refractivity contribution in [3.05, 3.63) is 59.1 Å². The largest absolute Gasteiger partial charge is 0.364 e. The van der Waals surface area contributed by atoms with Crippen molar-refractivity contribution in [1.29, 1.82) is 0 Å². The molecule has 1 saturated heterocycles. The number of aryl methyl sites for hydroxylation is 1. The molecule has 10 heteroatoms. The highest BCUT2D eigenvalue weighted by Crippen LogP contribution is 2.26. The van der Waals surface area contributed by atoms with Crippen molar-refractivity contribution in [3.8, 4) is 0 Å². The van der Waals surface area contributed by atoms with Crippen LogP contribution in [0.25, 0.3) is 0 Å². The average molecular weight is 536 g/mol. The summed E-state index contributed by atoms with van der Waals surface area (Å²) in [6.07, 6.45) is 5.23. The Hall–Kier alpha value is -3.79. The van der Waals surface area contributed by atoms with Gasteiger partial charge >= 0.3 is 0 Å². The summed E-state index contributed by atoms with van der Waals surface area (Å²) in [6.45, 7) is 11.3. The topological polar surface area (TPSA) is 134 Å². The van der Waals surface area contributed by atoms with E-state index in [1.54, 1.807) is 7.05 Å². The number of anilines is 2. The lowest BCUT2D eigenvalue weighted by Crippen LogP contribution is -2.39. The number of carbonyl (C=O) groups is 3. The molecule has 2 heterocycles. The van der Waals surface area contributed by atoms with Gasteiger partial charge in [-0.05, 0) is 55.5 Å². The molecule has 0 bridgehead atoms. The first-order valence-corrected chi connectivity index (χ1v) is 13.6. The van der Waals surface area contributed by atoms with Gasteiger partial charge < -0.3 is 21.3 Å². The monoisotopic (exact) mass is 535 g/mol. The first-order valence-electron chi connectivity index (χ1n) is 13.6. The molecule has 0 unspecified atom stereocenters. The standard InChI is InChI=1S/C29H41N7O3/c1-6-23-26(19(2)3)34-29(27(33-23)28(30)39)32-22-11-7-10-21(16-22)20(4)17-31-24(37)18-35(5)25(38)12-8-13-36-14-9-15-36/h7-8,10-12,16,19-20H,6,9,13-15,17-18H2,1-5H3,(H2,30,39)(H,31,37)(H,32,34)/b12-8+/t20-/m0/s1. The molecule has 1 aliphatic heterocycles. The van der Waals surface area contributed by atoms with Gasteiger partial charge in [0, 0.05) is 31.9 Å². The van der Waals surface area contributed by atoms with Gasteiger partial charge in [-0.25, -0.2) is 9.97 Å². The van der Waals surface area contributed by atoms with E-state index in [1.807, 2.05) is 58.0 Å². The van der Waals surface area contributed by atoms with Gasteiger partial charge in [-0.1, -0.05) is 45.9 Å². The summed E-state index contributed by atoms with van der Waals surface area (Å²) in [5.41, 5.74) is 9.03. The predicted molar refractivity (Wildman–Crippen MR) is 153 cm³/mol. The molecule has 1 aromatic heterocycles. The molecule has 3 amide bonds. The highest BCUT2D eigenvalue weighted by molar-refractivity contribution is 5.96. The zero-order valence-electron chi connectivity index (χ0n) is 23.7. The van der Waals surface area contributed by atoms with Gasteiger partial charge in [-0.15, -0.1) is 0 Å². The first-order chi connectivity index (χ1) is 18.6. The van der Waals surface area contributed by atoms with Crippen LogP contribution in [0.1, 0.15) is 73.4 Å². The second-order valence-electron chi connectivity index (χ2n) is 10.3. The third-order valence-electron chi connectivity index (χ3n) is 6.77. The van der Waals surface area contributed by atoms with E-state index in [0.29, 0.717) is 18.8 Å². The van der Waals surface area contributed by atoms with Crippen LogP contribution in [0.15, 0.2) is 36.4 Å². The number of hydrogen-bond acceptors (Lipinski definition) is 7. The number of rotatable bonds is 13. The fourth-order valence-corrected chi connectivity index (χ4v) is 4.25. The van der Waals surface area contributed by atoms with E-state index >= 15 is 0 Å². The van der Waals surface area contributed by atoms with Crippen LogP contribution in [0.2, 0.25) is 0 Å². The van der Waals surface area contributed by atoms with Crippen LogP contribution in [0.4, 0.5) is 11.5 Å². The van der Waals surface area contributed by atoms with Crippen molar-refractivity contribution in [3.63, 3.8) is 0 Å². The molecule has 3 rings (SSSR count). The van der Waals surface area contributed by atoms with Gasteiger partial charge in [0.2, 0.25) is 11.8 Å². The van der Waals surface area contributed by atoms with Crippen molar-refractivity contribution in [1.82, 2.24) is 25.1 Å². The number of nitrogens with zero attached hydrogens (tertiary/aromatic N) is 4. The summed E-state index contributed by atoms with van der Waals surface area (Å²) in [4.78, 5) is 49.7. The van der Waals surface area contributed by atoms with E-state index in [1.165, 1.54) is 17.4 Å². The zero-order chi connectivity index (χ0) is 28.5. The van der Waals surface area contributed by atoms with Crippen LogP contribution in [0, 0.1) is 0 Å². The minimum atomic E-state index is -0.641. The molecule has 0 aliphatic carbocycles. The Kier molecular flexibility index (Phi) is 10.6. The van der Waals surface area contributed by atoms with Gasteiger partial charge in [0.25, 0.3) is 5.91 Å². The fourth-order valence-electron chi connectivity index (χ4n) is 4.25. The summed E-state index contributed by atoms with van der Waals surface area (Å²) in [7, 11) is 1.62. The minimum Gasteiger partial charge on any atom is -0.364 e. The molecule has 1 fully saturated rings. The Morgan fingerprint density at radius 2 is 1.92 bits per heavy atom. The molecular formula is C29H41N7O3. The van der Waals surface area contributed by atoms with Crippen molar-refractivity contribution in [2.75, 3.05) is 45.1 Å². The SMILES string of the molecule is CCc1nc(C(N)=O)c(Nc2cccc([C@@H](C)CNC(=O)CN(C)C(=O)/C=C/CN3CCC3)c2)nc1C(C)C. The van der Waals surface area contributed by atoms with Crippen LogP contribution >= 0.6 is 0 Å². The quantitative estimate of drug-likeness (QED) is 0.336. The molecule has 0 radical (unpaired) electrons. The second-order valence-corrected chi connectivity index (χ2v) is 10.3. The number of amides is 3. The highest BCUT2D eigenvalue weighted by atomic mass is 16.2. The zero-order valence-corrected chi connectivity index (χ0v) is 23.7. The van der Waals surface area contributed by atoms with Crippen LogP contribution in [0.3, 0.4) is 0 Å². The lowest BCUT2D eigenvalue weighted by molar-refractivity contribution is -0.131. The molecule has 0 spiro atoms. The summed E-state index contributed by atoms with van der Waals surface area (Å²) < 4.78 is 0. The third kappa shape index (κ3) is 8.35. The fraction of sp³-hybridized carbons (Fsp3) is 0.483. The van der Waals surface area contributed by atoms with Crippen molar-refractivity contribution in [2.45, 2.75) is 52.4 Å². The van der Waals surface area contributed by atoms with Crippen LogP contribution in [0.5, 0.6) is 0 Å². The summed E-state index contributed by atoms with van der Waals surface area (Å²) in [5, 5.41) is 6.13. The van der Waals surface area contributed by atoms with Crippen LogP contribution in [-0.2, 0) is 16.0 Å². The number of aromatic nitrogens is 2. The van der Waals surface area contributed by atoms with Crippen molar-refractivity contribution >= 4 is 29.2 Å². The molecule has 4 N–H and O–H groups in total. The molecule has 2 aromatic rings. The summed E-state index contributed by atoms with van der Waals surface area (Å²) in [6, 6.07) is 7.70. The number of hydrogen-bond donors (Lipinski definition) is 3. The van der Waals surface area contributed by atoms with E-state index in [4.69, 9.17) is 10.7 Å². The van der Waals surface area contributed by atoms with E-state index in [9.17, 15) is 14.4 Å². The molecule has 39 heavy (non-hydrogen) atoms. The molecule has 10 nitrogen and oxygen atoms in total.